The maximum Gasteiger partial charge on any atom is 0.00980 e. The SMILES string of the molecule is CC1CC(NCC2CN(C)C2)C1C. The van der Waals surface area contributed by atoms with Crippen LogP contribution in [0.3, 0.4) is 0 Å². The predicted octanol–water partition coefficient (Wildman–Crippen LogP) is 1.18. The lowest BCUT2D eigenvalue weighted by molar-refractivity contribution is 0.0953. The molecule has 13 heavy (non-hydrogen) atoms. The van der Waals surface area contributed by atoms with Crippen LogP contribution in [0.1, 0.15) is 20.3 Å². The molecule has 0 aromatic heterocycles. The first-order valence-corrected chi connectivity index (χ1v) is 5.58. The van der Waals surface area contributed by atoms with Crippen LogP contribution in [0.25, 0.3) is 0 Å². The average molecular weight is 182 g/mol. The van der Waals surface area contributed by atoms with Crippen molar-refractivity contribution in [3.8, 4) is 0 Å². The van der Waals surface area contributed by atoms with Gasteiger partial charge in [-0.3, -0.25) is 0 Å². The highest BCUT2D eigenvalue weighted by Gasteiger charge is 2.34. The monoisotopic (exact) mass is 182 g/mol. The van der Waals surface area contributed by atoms with Gasteiger partial charge in [0.15, 0.2) is 0 Å². The minimum atomic E-state index is 0.820. The topological polar surface area (TPSA) is 15.3 Å². The summed E-state index contributed by atoms with van der Waals surface area (Å²) in [6.45, 7) is 8.57. The largest absolute Gasteiger partial charge is 0.313 e. The molecule has 0 aromatic rings. The normalized spacial score (nSPS) is 41.3. The van der Waals surface area contributed by atoms with Crippen LogP contribution in [0.15, 0.2) is 0 Å². The van der Waals surface area contributed by atoms with Crippen LogP contribution in [-0.2, 0) is 0 Å². The van der Waals surface area contributed by atoms with Crippen molar-refractivity contribution in [1.82, 2.24) is 10.2 Å². The van der Waals surface area contributed by atoms with E-state index in [2.05, 4.69) is 31.1 Å². The maximum atomic E-state index is 3.70. The van der Waals surface area contributed by atoms with Crippen LogP contribution in [0.2, 0.25) is 0 Å². The Morgan fingerprint density at radius 2 is 2.00 bits per heavy atom. The third-order valence-electron chi connectivity index (χ3n) is 3.97. The third-order valence-corrected chi connectivity index (χ3v) is 3.97. The van der Waals surface area contributed by atoms with E-state index in [0.29, 0.717) is 0 Å². The van der Waals surface area contributed by atoms with E-state index < -0.39 is 0 Å². The highest BCUT2D eigenvalue weighted by atomic mass is 15.2. The number of hydrogen-bond acceptors (Lipinski definition) is 2. The first kappa shape index (κ1) is 9.47. The Balaban J connectivity index is 1.59. The van der Waals surface area contributed by atoms with E-state index in [0.717, 1.165) is 23.8 Å². The van der Waals surface area contributed by atoms with Gasteiger partial charge in [-0.15, -0.1) is 0 Å². The molecule has 3 unspecified atom stereocenters. The molecule has 2 nitrogen and oxygen atoms in total. The highest BCUT2D eigenvalue weighted by molar-refractivity contribution is 4.90. The number of rotatable bonds is 3. The first-order valence-electron chi connectivity index (χ1n) is 5.58. The summed E-state index contributed by atoms with van der Waals surface area (Å²) in [5.41, 5.74) is 0. The molecular formula is C11H22N2. The van der Waals surface area contributed by atoms with Gasteiger partial charge in [0.05, 0.1) is 0 Å². The van der Waals surface area contributed by atoms with Gasteiger partial charge in [-0.25, -0.2) is 0 Å². The lowest BCUT2D eigenvalue weighted by atomic mass is 9.71. The molecule has 2 heteroatoms. The van der Waals surface area contributed by atoms with Gasteiger partial charge in [-0.05, 0) is 31.2 Å². The summed E-state index contributed by atoms with van der Waals surface area (Å²) < 4.78 is 0. The molecule has 0 aromatic carbocycles. The molecule has 1 aliphatic carbocycles. The van der Waals surface area contributed by atoms with Gasteiger partial charge in [-0.1, -0.05) is 13.8 Å². The van der Waals surface area contributed by atoms with Crippen LogP contribution in [0, 0.1) is 17.8 Å². The molecule has 76 valence electrons. The van der Waals surface area contributed by atoms with Crippen LogP contribution in [-0.4, -0.2) is 37.6 Å². The van der Waals surface area contributed by atoms with Crippen LogP contribution in [0.4, 0.5) is 0 Å². The Morgan fingerprint density at radius 1 is 1.31 bits per heavy atom. The molecule has 2 rings (SSSR count). The van der Waals surface area contributed by atoms with E-state index in [-0.39, 0.29) is 0 Å². The molecule has 2 fully saturated rings. The second kappa shape index (κ2) is 3.58. The molecule has 1 heterocycles. The quantitative estimate of drug-likeness (QED) is 0.705. The molecule has 1 saturated carbocycles. The molecule has 2 aliphatic rings. The van der Waals surface area contributed by atoms with Gasteiger partial charge < -0.3 is 10.2 Å². The summed E-state index contributed by atoms with van der Waals surface area (Å²) in [5, 5.41) is 3.70. The number of hydrogen-bond donors (Lipinski definition) is 1. The Kier molecular flexibility index (Phi) is 2.61. The zero-order valence-electron chi connectivity index (χ0n) is 9.09. The van der Waals surface area contributed by atoms with Gasteiger partial charge in [0.1, 0.15) is 0 Å². The fraction of sp³-hybridized carbons (Fsp3) is 1.00. The van der Waals surface area contributed by atoms with Gasteiger partial charge in [0.2, 0.25) is 0 Å². The van der Waals surface area contributed by atoms with Crippen LogP contribution in [0.5, 0.6) is 0 Å². The number of nitrogens with one attached hydrogen (secondary N) is 1. The van der Waals surface area contributed by atoms with E-state index in [4.69, 9.17) is 0 Å². The molecule has 0 bridgehead atoms. The van der Waals surface area contributed by atoms with Gasteiger partial charge in [0.25, 0.3) is 0 Å². The Labute approximate surface area is 81.7 Å². The molecule has 1 aliphatic heterocycles. The second-order valence-corrected chi connectivity index (χ2v) is 5.17. The summed E-state index contributed by atoms with van der Waals surface area (Å²) in [6, 6.07) is 0.820. The zero-order valence-corrected chi connectivity index (χ0v) is 9.09. The highest BCUT2D eigenvalue weighted by Crippen LogP contribution is 2.33. The zero-order chi connectivity index (χ0) is 9.42. The van der Waals surface area contributed by atoms with Gasteiger partial charge >= 0.3 is 0 Å². The van der Waals surface area contributed by atoms with E-state index in [1.807, 2.05) is 0 Å². The van der Waals surface area contributed by atoms with Crippen molar-refractivity contribution in [3.63, 3.8) is 0 Å². The lowest BCUT2D eigenvalue weighted by Crippen LogP contribution is -2.54. The van der Waals surface area contributed by atoms with Crippen molar-refractivity contribution in [2.45, 2.75) is 26.3 Å². The fourth-order valence-corrected chi connectivity index (χ4v) is 2.58. The van der Waals surface area contributed by atoms with Crippen molar-refractivity contribution in [2.75, 3.05) is 26.7 Å². The minimum Gasteiger partial charge on any atom is -0.313 e. The second-order valence-electron chi connectivity index (χ2n) is 5.17. The molecular weight excluding hydrogens is 160 g/mol. The summed E-state index contributed by atoms with van der Waals surface area (Å²) >= 11 is 0. The summed E-state index contributed by atoms with van der Waals surface area (Å²) in [5.74, 6) is 2.77. The van der Waals surface area contributed by atoms with Crippen molar-refractivity contribution in [2.24, 2.45) is 17.8 Å². The maximum absolute atomic E-state index is 3.70. The first-order chi connectivity index (χ1) is 6.16. The Morgan fingerprint density at radius 3 is 2.46 bits per heavy atom. The van der Waals surface area contributed by atoms with E-state index in [9.17, 15) is 0 Å². The van der Waals surface area contributed by atoms with E-state index in [1.54, 1.807) is 0 Å². The smallest absolute Gasteiger partial charge is 0.00980 e. The van der Waals surface area contributed by atoms with Crippen molar-refractivity contribution >= 4 is 0 Å². The Hall–Kier alpha value is -0.0800. The minimum absolute atomic E-state index is 0.820. The molecule has 0 amide bonds. The molecule has 1 saturated heterocycles. The standard InChI is InChI=1S/C11H22N2/c1-8-4-11(9(8)2)12-5-10-6-13(3)7-10/h8-12H,4-7H2,1-3H3. The van der Waals surface area contributed by atoms with Gasteiger partial charge in [0, 0.05) is 25.7 Å². The summed E-state index contributed by atoms with van der Waals surface area (Å²) in [6.07, 6.45) is 1.39. The van der Waals surface area contributed by atoms with Gasteiger partial charge in [-0.2, -0.15) is 0 Å². The van der Waals surface area contributed by atoms with Crippen molar-refractivity contribution in [1.29, 1.82) is 0 Å². The molecule has 3 atom stereocenters. The molecule has 0 radical (unpaired) electrons. The number of nitrogens with zero attached hydrogens (tertiary/aromatic N) is 1. The van der Waals surface area contributed by atoms with Crippen LogP contribution < -0.4 is 5.32 Å². The fourth-order valence-electron chi connectivity index (χ4n) is 2.58. The average Bonchev–Trinajstić information content (AvgIpc) is 2.07. The summed E-state index contributed by atoms with van der Waals surface area (Å²) in [4.78, 5) is 2.39. The van der Waals surface area contributed by atoms with E-state index >= 15 is 0 Å². The summed E-state index contributed by atoms with van der Waals surface area (Å²) in [7, 11) is 2.20. The van der Waals surface area contributed by atoms with Crippen molar-refractivity contribution in [3.05, 3.63) is 0 Å². The Bertz CT molecular complexity index is 175. The molecule has 0 spiro atoms. The predicted molar refractivity (Wildman–Crippen MR) is 55.7 cm³/mol. The van der Waals surface area contributed by atoms with Crippen LogP contribution >= 0.6 is 0 Å². The number of likely N-dealkylation sites (tertiary alicyclic amines) is 1. The van der Waals surface area contributed by atoms with E-state index in [1.165, 1.54) is 26.1 Å². The third kappa shape index (κ3) is 1.89. The molecule has 1 N–H and O–H groups in total. The lowest BCUT2D eigenvalue weighted by Gasteiger charge is -2.44. The van der Waals surface area contributed by atoms with Crippen molar-refractivity contribution < 1.29 is 0 Å².